The van der Waals surface area contributed by atoms with E-state index in [-0.39, 0.29) is 11.6 Å². The van der Waals surface area contributed by atoms with Crippen LogP contribution in [0.15, 0.2) is 46.1 Å². The van der Waals surface area contributed by atoms with E-state index < -0.39 is 24.1 Å². The summed E-state index contributed by atoms with van der Waals surface area (Å²) in [5.41, 5.74) is 0.779. The van der Waals surface area contributed by atoms with E-state index in [2.05, 4.69) is 10.3 Å². The highest BCUT2D eigenvalue weighted by molar-refractivity contribution is 5.18. The van der Waals surface area contributed by atoms with Crippen LogP contribution >= 0.6 is 0 Å². The Kier molecular flexibility index (Phi) is 5.70. The van der Waals surface area contributed by atoms with Crippen LogP contribution in [0.5, 0.6) is 0 Å². The average Bonchev–Trinajstić information content (AvgIpc) is 3.01. The molecule has 0 bridgehead atoms. The van der Waals surface area contributed by atoms with Gasteiger partial charge in [-0.25, -0.2) is 4.79 Å². The van der Waals surface area contributed by atoms with Crippen molar-refractivity contribution in [1.29, 1.82) is 0 Å². The van der Waals surface area contributed by atoms with E-state index in [0.717, 1.165) is 5.56 Å². The van der Waals surface area contributed by atoms with Crippen molar-refractivity contribution in [2.24, 2.45) is 0 Å². The zero-order chi connectivity index (χ0) is 18.7. The zero-order valence-corrected chi connectivity index (χ0v) is 15.0. The van der Waals surface area contributed by atoms with Crippen molar-refractivity contribution in [3.63, 3.8) is 0 Å². The molecule has 2 heterocycles. The van der Waals surface area contributed by atoms with Crippen LogP contribution in [0, 0.1) is 0 Å². The first-order valence-electron chi connectivity index (χ1n) is 8.95. The van der Waals surface area contributed by atoms with Crippen molar-refractivity contribution in [3.05, 3.63) is 68.5 Å². The molecule has 4 atom stereocenters. The molecule has 0 unspecified atom stereocenters. The molecule has 0 amide bonds. The summed E-state index contributed by atoms with van der Waals surface area (Å²) < 4.78 is 7.26. The largest absolute Gasteiger partial charge is 0.390 e. The Labute approximate surface area is 151 Å². The summed E-state index contributed by atoms with van der Waals surface area (Å²) in [6, 6.07) is 10.1. The highest BCUT2D eigenvalue weighted by Gasteiger charge is 2.35. The summed E-state index contributed by atoms with van der Waals surface area (Å²) in [5, 5.41) is 13.7. The second-order valence-electron chi connectivity index (χ2n) is 6.65. The fraction of sp³-hybridized carbons (Fsp3) is 0.474. The third-order valence-corrected chi connectivity index (χ3v) is 4.86. The van der Waals surface area contributed by atoms with Crippen LogP contribution in [-0.2, 0) is 11.2 Å². The number of aromatic nitrogens is 2. The van der Waals surface area contributed by atoms with Gasteiger partial charge in [0.05, 0.1) is 12.2 Å². The molecule has 0 saturated carbocycles. The molecule has 0 radical (unpaired) electrons. The molecule has 1 aliphatic heterocycles. The van der Waals surface area contributed by atoms with Gasteiger partial charge in [-0.1, -0.05) is 37.3 Å². The van der Waals surface area contributed by atoms with Crippen molar-refractivity contribution in [2.45, 2.75) is 51.2 Å². The molecular weight excluding hydrogens is 334 g/mol. The monoisotopic (exact) mass is 359 g/mol. The summed E-state index contributed by atoms with van der Waals surface area (Å²) in [5.74, 6) is 0. The minimum Gasteiger partial charge on any atom is -0.390 e. The minimum absolute atomic E-state index is 0.119. The van der Waals surface area contributed by atoms with Crippen molar-refractivity contribution in [2.75, 3.05) is 6.54 Å². The maximum absolute atomic E-state index is 12.1. The Morgan fingerprint density at radius 2 is 2.08 bits per heavy atom. The highest BCUT2D eigenvalue weighted by atomic mass is 16.5. The number of rotatable bonds is 6. The maximum Gasteiger partial charge on any atom is 0.330 e. The molecule has 1 aromatic heterocycles. The summed E-state index contributed by atoms with van der Waals surface area (Å²) >= 11 is 0. The van der Waals surface area contributed by atoms with Gasteiger partial charge in [0.2, 0.25) is 0 Å². The second-order valence-corrected chi connectivity index (χ2v) is 6.65. The number of aliphatic hydroxyl groups excluding tert-OH is 1. The number of benzene rings is 1. The van der Waals surface area contributed by atoms with Gasteiger partial charge in [0.25, 0.3) is 5.56 Å². The van der Waals surface area contributed by atoms with Gasteiger partial charge in [-0.05, 0) is 18.9 Å². The molecule has 3 N–H and O–H groups in total. The number of aromatic amines is 1. The molecule has 7 heteroatoms. The van der Waals surface area contributed by atoms with E-state index in [1.165, 1.54) is 10.8 Å². The van der Waals surface area contributed by atoms with Crippen LogP contribution in [0.1, 0.15) is 43.7 Å². The maximum atomic E-state index is 12.1. The van der Waals surface area contributed by atoms with Gasteiger partial charge in [0.15, 0.2) is 0 Å². The van der Waals surface area contributed by atoms with Crippen molar-refractivity contribution >= 4 is 0 Å². The Morgan fingerprint density at radius 1 is 1.35 bits per heavy atom. The number of H-pyrrole nitrogens is 1. The van der Waals surface area contributed by atoms with Crippen LogP contribution in [0.2, 0.25) is 0 Å². The van der Waals surface area contributed by atoms with Gasteiger partial charge in [-0.15, -0.1) is 0 Å². The molecule has 1 saturated heterocycles. The molecule has 0 spiro atoms. The van der Waals surface area contributed by atoms with E-state index in [1.54, 1.807) is 0 Å². The van der Waals surface area contributed by atoms with Gasteiger partial charge >= 0.3 is 5.69 Å². The SMILES string of the molecule is CCc1cn([C@H]2C[C@H](O)[C@@H](CN[C@@H](C)c3ccccc3)O2)c(=O)[nH]c1=O. The topological polar surface area (TPSA) is 96.3 Å². The van der Waals surface area contributed by atoms with E-state index in [9.17, 15) is 14.7 Å². The number of hydrogen-bond acceptors (Lipinski definition) is 5. The van der Waals surface area contributed by atoms with Crippen LogP contribution in [-0.4, -0.2) is 33.4 Å². The number of nitrogens with zero attached hydrogens (tertiary/aromatic N) is 1. The van der Waals surface area contributed by atoms with E-state index >= 15 is 0 Å². The Hall–Kier alpha value is -2.22. The van der Waals surface area contributed by atoms with Gasteiger partial charge in [0, 0.05) is 30.8 Å². The Morgan fingerprint density at radius 3 is 2.77 bits per heavy atom. The minimum atomic E-state index is -0.681. The molecule has 3 rings (SSSR count). The first-order chi connectivity index (χ1) is 12.5. The van der Waals surface area contributed by atoms with E-state index in [1.807, 2.05) is 44.2 Å². The third kappa shape index (κ3) is 3.95. The first-order valence-corrected chi connectivity index (χ1v) is 8.95. The highest BCUT2D eigenvalue weighted by Crippen LogP contribution is 2.27. The van der Waals surface area contributed by atoms with E-state index in [4.69, 9.17) is 4.74 Å². The number of aryl methyl sites for hydroxylation is 1. The van der Waals surface area contributed by atoms with Crippen LogP contribution in [0.3, 0.4) is 0 Å². The quantitative estimate of drug-likeness (QED) is 0.718. The zero-order valence-electron chi connectivity index (χ0n) is 15.0. The van der Waals surface area contributed by atoms with Crippen molar-refractivity contribution < 1.29 is 9.84 Å². The fourth-order valence-corrected chi connectivity index (χ4v) is 3.22. The number of nitrogens with one attached hydrogen (secondary N) is 2. The van der Waals surface area contributed by atoms with Crippen molar-refractivity contribution in [3.8, 4) is 0 Å². The lowest BCUT2D eigenvalue weighted by Crippen LogP contribution is -2.36. The molecule has 1 fully saturated rings. The standard InChI is InChI=1S/C19H25N3O4/c1-3-13-11-22(19(25)21-18(13)24)17-9-15(23)16(26-17)10-20-12(2)14-7-5-4-6-8-14/h4-8,11-12,15-17,20,23H,3,9-10H2,1-2H3,(H,21,24,25)/t12-,15-,16+,17+/m0/s1. The summed E-state index contributed by atoms with van der Waals surface area (Å²) in [6.45, 7) is 4.36. The number of aliphatic hydroxyl groups is 1. The van der Waals surface area contributed by atoms with Crippen LogP contribution in [0.4, 0.5) is 0 Å². The molecule has 1 aromatic carbocycles. The third-order valence-electron chi connectivity index (χ3n) is 4.86. The van der Waals surface area contributed by atoms with Gasteiger partial charge in [-0.3, -0.25) is 14.3 Å². The number of hydrogen-bond donors (Lipinski definition) is 3. The smallest absolute Gasteiger partial charge is 0.330 e. The Balaban J connectivity index is 1.66. The summed E-state index contributed by atoms with van der Waals surface area (Å²) in [7, 11) is 0. The van der Waals surface area contributed by atoms with Gasteiger partial charge in [0.1, 0.15) is 6.23 Å². The summed E-state index contributed by atoms with van der Waals surface area (Å²) in [4.78, 5) is 26.1. The molecule has 1 aliphatic rings. The molecular formula is C19H25N3O4. The molecule has 26 heavy (non-hydrogen) atoms. The lowest BCUT2D eigenvalue weighted by Gasteiger charge is -2.20. The second kappa shape index (κ2) is 7.99. The van der Waals surface area contributed by atoms with Crippen molar-refractivity contribution in [1.82, 2.24) is 14.9 Å². The van der Waals surface area contributed by atoms with Gasteiger partial charge in [-0.2, -0.15) is 0 Å². The lowest BCUT2D eigenvalue weighted by molar-refractivity contribution is -0.0203. The molecule has 140 valence electrons. The molecule has 0 aliphatic carbocycles. The molecule has 7 nitrogen and oxygen atoms in total. The van der Waals surface area contributed by atoms with E-state index in [0.29, 0.717) is 24.9 Å². The van der Waals surface area contributed by atoms with Crippen LogP contribution in [0.25, 0.3) is 0 Å². The normalized spacial score (nSPS) is 23.9. The first kappa shape index (κ1) is 18.6. The fourth-order valence-electron chi connectivity index (χ4n) is 3.22. The van der Waals surface area contributed by atoms with Gasteiger partial charge < -0.3 is 15.2 Å². The van der Waals surface area contributed by atoms with Crippen LogP contribution < -0.4 is 16.6 Å². The summed E-state index contributed by atoms with van der Waals surface area (Å²) in [6.07, 6.45) is 0.667. The average molecular weight is 359 g/mol. The molecule has 2 aromatic rings. The Bertz CT molecular complexity index is 846. The number of ether oxygens (including phenoxy) is 1. The predicted octanol–water partition coefficient (Wildman–Crippen LogP) is 1.10. The predicted molar refractivity (Wildman–Crippen MR) is 98.1 cm³/mol. The lowest BCUT2D eigenvalue weighted by atomic mass is 10.1.